The van der Waals surface area contributed by atoms with Crippen molar-refractivity contribution in [2.24, 2.45) is 0 Å². The normalized spacial score (nSPS) is 15.1. The van der Waals surface area contributed by atoms with Gasteiger partial charge in [-0.1, -0.05) is 53.7 Å². The molecule has 0 atom stereocenters. The molecule has 1 aliphatic rings. The molecule has 0 amide bonds. The topological polar surface area (TPSA) is 12.9 Å². The van der Waals surface area contributed by atoms with Gasteiger partial charge in [-0.15, -0.1) is 0 Å². The largest absolute Gasteiger partial charge is 0.260 e. The van der Waals surface area contributed by atoms with Gasteiger partial charge < -0.3 is 0 Å². The van der Waals surface area contributed by atoms with Crippen molar-refractivity contribution in [3.63, 3.8) is 0 Å². The molecule has 1 aromatic carbocycles. The number of aromatic nitrogens is 1. The van der Waals surface area contributed by atoms with E-state index in [0.717, 1.165) is 6.42 Å². The van der Waals surface area contributed by atoms with Gasteiger partial charge in [0.05, 0.1) is 0 Å². The maximum Gasteiger partial charge on any atom is 0.0495 e. The number of pyridine rings is 1. The van der Waals surface area contributed by atoms with Crippen molar-refractivity contribution in [1.29, 1.82) is 0 Å². The summed E-state index contributed by atoms with van der Waals surface area (Å²) < 4.78 is 0. The Hall–Kier alpha value is -1.37. The second-order valence-electron chi connectivity index (χ2n) is 8.15. The third-order valence-corrected chi connectivity index (χ3v) is 4.40. The van der Waals surface area contributed by atoms with Crippen LogP contribution in [0.2, 0.25) is 0 Å². The number of nitrogens with zero attached hydrogens (tertiary/aromatic N) is 1. The van der Waals surface area contributed by atoms with Crippen LogP contribution in [0.4, 0.5) is 0 Å². The van der Waals surface area contributed by atoms with Gasteiger partial charge in [0.25, 0.3) is 0 Å². The van der Waals surface area contributed by atoms with E-state index in [1.165, 1.54) is 39.6 Å². The molecule has 0 saturated heterocycles. The zero-order chi connectivity index (χ0) is 14.7. The van der Waals surface area contributed by atoms with Crippen LogP contribution in [-0.4, -0.2) is 4.98 Å². The summed E-state index contributed by atoms with van der Waals surface area (Å²) in [5.74, 6) is 0. The maximum atomic E-state index is 4.86. The van der Waals surface area contributed by atoms with Gasteiger partial charge in [0.2, 0.25) is 0 Å². The Morgan fingerprint density at radius 1 is 0.900 bits per heavy atom. The van der Waals surface area contributed by atoms with Gasteiger partial charge in [0.15, 0.2) is 0 Å². The molecule has 3 rings (SSSR count). The van der Waals surface area contributed by atoms with Crippen molar-refractivity contribution in [1.82, 2.24) is 4.98 Å². The van der Waals surface area contributed by atoms with Crippen molar-refractivity contribution >= 4 is 10.8 Å². The minimum absolute atomic E-state index is 0.128. The van der Waals surface area contributed by atoms with Gasteiger partial charge >= 0.3 is 0 Å². The molecule has 1 aliphatic carbocycles. The van der Waals surface area contributed by atoms with Crippen molar-refractivity contribution in [2.45, 2.75) is 65.2 Å². The summed E-state index contributed by atoms with van der Waals surface area (Å²) in [6.07, 6.45) is 4.44. The van der Waals surface area contributed by atoms with Gasteiger partial charge in [-0.3, -0.25) is 4.98 Å². The second-order valence-corrected chi connectivity index (χ2v) is 8.15. The Morgan fingerprint density at radius 2 is 1.60 bits per heavy atom. The molecule has 0 aliphatic heterocycles. The highest BCUT2D eigenvalue weighted by Crippen LogP contribution is 2.40. The summed E-state index contributed by atoms with van der Waals surface area (Å²) in [6, 6.07) is 4.65. The molecule has 20 heavy (non-hydrogen) atoms. The molecule has 0 bridgehead atoms. The number of benzene rings is 1. The van der Waals surface area contributed by atoms with E-state index in [2.05, 4.69) is 59.9 Å². The maximum absolute atomic E-state index is 4.86. The summed E-state index contributed by atoms with van der Waals surface area (Å²) >= 11 is 0. The minimum Gasteiger partial charge on any atom is -0.260 e. The van der Waals surface area contributed by atoms with Crippen LogP contribution in [0.25, 0.3) is 10.8 Å². The van der Waals surface area contributed by atoms with E-state index >= 15 is 0 Å². The predicted octanol–water partition coefficient (Wildman–Crippen LogP) is 4.93. The van der Waals surface area contributed by atoms with Crippen LogP contribution in [0, 0.1) is 0 Å². The quantitative estimate of drug-likeness (QED) is 0.659. The fraction of sp³-hybridized carbons (Fsp3) is 0.526. The molecular weight excluding hydrogens is 242 g/mol. The number of hydrogen-bond acceptors (Lipinski definition) is 1. The van der Waals surface area contributed by atoms with Gasteiger partial charge in [-0.25, -0.2) is 0 Å². The lowest BCUT2D eigenvalue weighted by molar-refractivity contribution is 0.562. The SMILES string of the molecule is CC(C)(C)c1ncc2c(C(C)(C)C)ccc3c2c1CC3. The van der Waals surface area contributed by atoms with E-state index in [0.29, 0.717) is 0 Å². The van der Waals surface area contributed by atoms with Crippen LogP contribution in [-0.2, 0) is 23.7 Å². The highest BCUT2D eigenvalue weighted by Gasteiger charge is 2.28. The highest BCUT2D eigenvalue weighted by molar-refractivity contribution is 5.94. The van der Waals surface area contributed by atoms with E-state index < -0.39 is 0 Å². The second kappa shape index (κ2) is 4.07. The Bertz CT molecular complexity index is 681. The monoisotopic (exact) mass is 267 g/mol. The van der Waals surface area contributed by atoms with Crippen molar-refractivity contribution < 1.29 is 0 Å². The van der Waals surface area contributed by atoms with Crippen LogP contribution in [0.15, 0.2) is 18.3 Å². The molecule has 0 unspecified atom stereocenters. The molecule has 0 fully saturated rings. The summed E-state index contributed by atoms with van der Waals surface area (Å²) in [7, 11) is 0. The fourth-order valence-electron chi connectivity index (χ4n) is 3.49. The molecule has 0 radical (unpaired) electrons. The third kappa shape index (κ3) is 1.95. The molecule has 1 heteroatoms. The van der Waals surface area contributed by atoms with Crippen LogP contribution < -0.4 is 0 Å². The average molecular weight is 267 g/mol. The highest BCUT2D eigenvalue weighted by atomic mass is 14.7. The smallest absolute Gasteiger partial charge is 0.0495 e. The van der Waals surface area contributed by atoms with Crippen LogP contribution in [0.3, 0.4) is 0 Å². The van der Waals surface area contributed by atoms with E-state index in [-0.39, 0.29) is 10.8 Å². The Balaban J connectivity index is 2.39. The minimum atomic E-state index is 0.128. The Morgan fingerprint density at radius 3 is 2.20 bits per heavy atom. The first-order valence-corrected chi connectivity index (χ1v) is 7.64. The van der Waals surface area contributed by atoms with Crippen molar-refractivity contribution in [2.75, 3.05) is 0 Å². The van der Waals surface area contributed by atoms with Crippen molar-refractivity contribution in [3.8, 4) is 0 Å². The Labute approximate surface area is 122 Å². The molecule has 0 N–H and O–H groups in total. The molecule has 0 saturated carbocycles. The van der Waals surface area contributed by atoms with E-state index in [4.69, 9.17) is 4.98 Å². The lowest BCUT2D eigenvalue weighted by atomic mass is 9.82. The molecule has 106 valence electrons. The van der Waals surface area contributed by atoms with Crippen molar-refractivity contribution in [3.05, 3.63) is 40.7 Å². The van der Waals surface area contributed by atoms with Gasteiger partial charge in [-0.2, -0.15) is 0 Å². The molecule has 1 heterocycles. The third-order valence-electron chi connectivity index (χ3n) is 4.40. The zero-order valence-electron chi connectivity index (χ0n) is 13.6. The number of hydrogen-bond donors (Lipinski definition) is 0. The number of aryl methyl sites for hydroxylation is 2. The summed E-state index contributed by atoms with van der Waals surface area (Å²) in [4.78, 5) is 4.86. The van der Waals surface area contributed by atoms with Gasteiger partial charge in [-0.05, 0) is 40.3 Å². The lowest BCUT2D eigenvalue weighted by Gasteiger charge is -2.25. The molecule has 2 aromatic rings. The van der Waals surface area contributed by atoms with Crippen LogP contribution >= 0.6 is 0 Å². The summed E-state index contributed by atoms with van der Waals surface area (Å²) in [5, 5.41) is 2.87. The van der Waals surface area contributed by atoms with Crippen LogP contribution in [0.5, 0.6) is 0 Å². The Kier molecular flexibility index (Phi) is 2.77. The summed E-state index contributed by atoms with van der Waals surface area (Å²) in [6.45, 7) is 13.7. The standard InChI is InChI=1S/C19H25N/c1-18(2,3)15-10-8-12-7-9-13-16(12)14(15)11-20-17(13)19(4,5)6/h8,10-11H,7,9H2,1-6H3. The first-order valence-electron chi connectivity index (χ1n) is 7.64. The van der Waals surface area contributed by atoms with E-state index in [9.17, 15) is 0 Å². The molecule has 0 spiro atoms. The van der Waals surface area contributed by atoms with E-state index in [1.54, 1.807) is 0 Å². The first-order chi connectivity index (χ1) is 9.19. The predicted molar refractivity (Wildman–Crippen MR) is 86.6 cm³/mol. The van der Waals surface area contributed by atoms with Gasteiger partial charge in [0.1, 0.15) is 0 Å². The summed E-state index contributed by atoms with van der Waals surface area (Å²) in [5.41, 5.74) is 6.01. The average Bonchev–Trinajstić information content (AvgIpc) is 2.72. The number of rotatable bonds is 0. The van der Waals surface area contributed by atoms with Crippen LogP contribution in [0.1, 0.15) is 63.9 Å². The lowest BCUT2D eigenvalue weighted by Crippen LogP contribution is -2.17. The zero-order valence-corrected chi connectivity index (χ0v) is 13.6. The molecule has 1 nitrogen and oxygen atoms in total. The van der Waals surface area contributed by atoms with E-state index in [1.807, 2.05) is 0 Å². The molecule has 1 aromatic heterocycles. The fourth-order valence-corrected chi connectivity index (χ4v) is 3.49. The first kappa shape index (κ1) is 13.6. The molecular formula is C19H25N. The van der Waals surface area contributed by atoms with Gasteiger partial charge in [0, 0.05) is 22.7 Å².